The molecule has 0 atom stereocenters. The van der Waals surface area contributed by atoms with Crippen molar-refractivity contribution in [2.24, 2.45) is 5.92 Å². The molecule has 2 aliphatic heterocycles. The van der Waals surface area contributed by atoms with Gasteiger partial charge in [-0.3, -0.25) is 9.97 Å². The Labute approximate surface area is 193 Å². The Bertz CT molecular complexity index is 1210. The Balaban J connectivity index is 1.33. The van der Waals surface area contributed by atoms with Gasteiger partial charge in [0.25, 0.3) is 0 Å². The zero-order valence-corrected chi connectivity index (χ0v) is 19.6. The number of pyridine rings is 1. The Morgan fingerprint density at radius 3 is 2.70 bits per heavy atom. The topological polar surface area (TPSA) is 105 Å². The highest BCUT2D eigenvalue weighted by Crippen LogP contribution is 2.33. The molecule has 9 nitrogen and oxygen atoms in total. The van der Waals surface area contributed by atoms with Crippen molar-refractivity contribution in [1.29, 1.82) is 0 Å². The molecule has 5 rings (SSSR count). The normalized spacial score (nSPS) is 19.0. The van der Waals surface area contributed by atoms with E-state index >= 15 is 0 Å². The summed E-state index contributed by atoms with van der Waals surface area (Å²) in [5.74, 6) is 1.57. The van der Waals surface area contributed by atoms with E-state index in [-0.39, 0.29) is 5.92 Å². The minimum atomic E-state index is -1.54. The summed E-state index contributed by atoms with van der Waals surface area (Å²) in [5.41, 5.74) is 2.78. The molecule has 0 bridgehead atoms. The van der Waals surface area contributed by atoms with Crippen molar-refractivity contribution >= 4 is 26.8 Å². The van der Waals surface area contributed by atoms with Crippen LogP contribution in [0.15, 0.2) is 29.6 Å². The van der Waals surface area contributed by atoms with Crippen LogP contribution in [-0.2, 0) is 24.1 Å². The molecule has 0 amide bonds. The lowest BCUT2D eigenvalue weighted by Crippen LogP contribution is -2.41. The minimum absolute atomic E-state index is 0.140. The van der Waals surface area contributed by atoms with E-state index in [2.05, 4.69) is 15.0 Å². The van der Waals surface area contributed by atoms with Gasteiger partial charge in [-0.05, 0) is 26.8 Å². The lowest BCUT2D eigenvalue weighted by molar-refractivity contribution is -0.264. The van der Waals surface area contributed by atoms with Gasteiger partial charge in [0.1, 0.15) is 19.0 Å². The van der Waals surface area contributed by atoms with Crippen molar-refractivity contribution in [2.45, 2.75) is 31.7 Å². The number of aromatic amines is 1. The molecule has 0 saturated carbocycles. The second-order valence-electron chi connectivity index (χ2n) is 8.49. The number of rotatable bonds is 5. The summed E-state index contributed by atoms with van der Waals surface area (Å²) in [6, 6.07) is 5.41. The molecule has 4 heterocycles. The molecule has 0 radical (unpaired) electrons. The molecular weight excluding hydrogens is 446 g/mol. The predicted molar refractivity (Wildman–Crippen MR) is 123 cm³/mol. The number of H-pyrrole nitrogens is 1. The monoisotopic (exact) mass is 472 g/mol. The molecule has 1 saturated heterocycles. The van der Waals surface area contributed by atoms with Crippen LogP contribution in [0, 0.1) is 12.8 Å². The Kier molecular flexibility index (Phi) is 5.90. The first-order chi connectivity index (χ1) is 15.9. The van der Waals surface area contributed by atoms with Crippen LogP contribution < -0.4 is 14.2 Å². The van der Waals surface area contributed by atoms with Crippen molar-refractivity contribution in [3.63, 3.8) is 0 Å². The molecule has 1 aromatic carbocycles. The van der Waals surface area contributed by atoms with Crippen molar-refractivity contribution in [1.82, 2.24) is 15.0 Å². The third-order valence-corrected chi connectivity index (χ3v) is 6.55. The van der Waals surface area contributed by atoms with Crippen LogP contribution in [0.5, 0.6) is 17.2 Å². The summed E-state index contributed by atoms with van der Waals surface area (Å²) in [7, 11) is -1.54. The van der Waals surface area contributed by atoms with Crippen LogP contribution in [0.2, 0.25) is 0 Å². The standard InChI is InChI=1S/C23H26N3O6S/c1-14-18(24-5-4-19(14)30-10-15-11-31-23(2,3)32-12-15)13-33(27)22-25-16-8-20-21(9-17(16)26-22)29-7-6-28-20/h4-5,8-9,13,15H,6-7,10-12H2,1-3H3,(H,25,26)/q-1. The van der Waals surface area contributed by atoms with E-state index < -0.39 is 16.2 Å². The Morgan fingerprint density at radius 2 is 1.94 bits per heavy atom. The number of fused-ring (bicyclic) bond motifs is 2. The van der Waals surface area contributed by atoms with Gasteiger partial charge < -0.3 is 32.9 Å². The molecular formula is C23H26N3O6S-. The number of ether oxygens (including phenoxy) is 5. The third kappa shape index (κ3) is 4.78. The van der Waals surface area contributed by atoms with E-state index in [1.165, 1.54) is 0 Å². The molecule has 176 valence electrons. The van der Waals surface area contributed by atoms with Crippen LogP contribution in [0.4, 0.5) is 0 Å². The number of nitrogens with one attached hydrogen (secondary N) is 1. The van der Waals surface area contributed by atoms with Gasteiger partial charge in [-0.2, -0.15) is 0 Å². The lowest BCUT2D eigenvalue weighted by atomic mass is 10.1. The molecule has 10 heteroatoms. The summed E-state index contributed by atoms with van der Waals surface area (Å²) in [5, 5.41) is 1.90. The highest BCUT2D eigenvalue weighted by atomic mass is 32.2. The average molecular weight is 473 g/mol. The summed E-state index contributed by atoms with van der Waals surface area (Å²) in [4.78, 5) is 12.0. The quantitative estimate of drug-likeness (QED) is 0.446. The van der Waals surface area contributed by atoms with Crippen LogP contribution >= 0.6 is 0 Å². The second-order valence-corrected chi connectivity index (χ2v) is 9.71. The first-order valence-electron chi connectivity index (χ1n) is 10.8. The van der Waals surface area contributed by atoms with Crippen molar-refractivity contribution < 1.29 is 27.9 Å². The number of benzene rings is 1. The molecule has 0 unspecified atom stereocenters. The van der Waals surface area contributed by atoms with Gasteiger partial charge in [-0.15, -0.1) is 5.37 Å². The highest BCUT2D eigenvalue weighted by molar-refractivity contribution is 7.83. The molecule has 2 aliphatic rings. The summed E-state index contributed by atoms with van der Waals surface area (Å²) in [6.45, 7) is 8.30. The van der Waals surface area contributed by atoms with Gasteiger partial charge in [0.05, 0.1) is 30.9 Å². The second kappa shape index (κ2) is 8.85. The van der Waals surface area contributed by atoms with E-state index in [1.807, 2.05) is 26.8 Å². The lowest BCUT2D eigenvalue weighted by Gasteiger charge is -2.34. The van der Waals surface area contributed by atoms with Crippen LogP contribution in [0.25, 0.3) is 11.0 Å². The van der Waals surface area contributed by atoms with Gasteiger partial charge in [0, 0.05) is 40.7 Å². The van der Waals surface area contributed by atoms with E-state index in [0.29, 0.717) is 66.7 Å². The maximum absolute atomic E-state index is 13.0. The molecule has 1 N–H and O–H groups in total. The van der Waals surface area contributed by atoms with E-state index in [0.717, 1.165) is 11.1 Å². The number of imidazole rings is 1. The summed E-state index contributed by atoms with van der Waals surface area (Å²) < 4.78 is 41.6. The minimum Gasteiger partial charge on any atom is -0.493 e. The number of nitrogens with zero attached hydrogens (tertiary/aromatic N) is 2. The Morgan fingerprint density at radius 1 is 1.21 bits per heavy atom. The molecule has 0 aliphatic carbocycles. The van der Waals surface area contributed by atoms with Crippen LogP contribution in [0.3, 0.4) is 0 Å². The Hall–Kier alpha value is -2.82. The van der Waals surface area contributed by atoms with Crippen molar-refractivity contribution in [3.8, 4) is 17.2 Å². The molecule has 2 aromatic heterocycles. The molecule has 33 heavy (non-hydrogen) atoms. The third-order valence-electron chi connectivity index (χ3n) is 5.53. The van der Waals surface area contributed by atoms with Gasteiger partial charge in [-0.1, -0.05) is 0 Å². The first-order valence-corrected chi connectivity index (χ1v) is 12.0. The van der Waals surface area contributed by atoms with Crippen molar-refractivity contribution in [2.75, 3.05) is 33.0 Å². The number of hydrogen-bond acceptors (Lipinski definition) is 9. The maximum Gasteiger partial charge on any atom is 0.163 e. The van der Waals surface area contributed by atoms with Gasteiger partial charge in [0.2, 0.25) is 0 Å². The fourth-order valence-electron chi connectivity index (χ4n) is 3.61. The molecule has 1 fully saturated rings. The van der Waals surface area contributed by atoms with Gasteiger partial charge in [0.15, 0.2) is 17.3 Å². The maximum atomic E-state index is 13.0. The fraction of sp³-hybridized carbons (Fsp3) is 0.435. The van der Waals surface area contributed by atoms with E-state index in [1.54, 1.807) is 23.7 Å². The van der Waals surface area contributed by atoms with E-state index in [9.17, 15) is 4.21 Å². The highest BCUT2D eigenvalue weighted by Gasteiger charge is 2.28. The number of aromatic nitrogens is 3. The SMILES string of the molecule is Cc1c(OCC2COC(C)(C)OC2)ccnc1C=[S-](=O)c1nc2cc3c(cc2[nH]1)OCCO3. The predicted octanol–water partition coefficient (Wildman–Crippen LogP) is 2.99. The van der Waals surface area contributed by atoms with Gasteiger partial charge >= 0.3 is 0 Å². The van der Waals surface area contributed by atoms with E-state index in [4.69, 9.17) is 23.7 Å². The summed E-state index contributed by atoms with van der Waals surface area (Å²) in [6.07, 6.45) is 1.64. The summed E-state index contributed by atoms with van der Waals surface area (Å²) >= 11 is 0. The van der Waals surface area contributed by atoms with Gasteiger partial charge in [-0.25, -0.2) is 10.4 Å². The van der Waals surface area contributed by atoms with Crippen LogP contribution in [0.1, 0.15) is 25.1 Å². The van der Waals surface area contributed by atoms with Crippen LogP contribution in [-0.4, -0.2) is 59.1 Å². The molecule has 0 spiro atoms. The largest absolute Gasteiger partial charge is 0.493 e. The average Bonchev–Trinajstić information content (AvgIpc) is 3.22. The zero-order valence-electron chi connectivity index (χ0n) is 18.8. The van der Waals surface area contributed by atoms with Crippen molar-refractivity contribution in [3.05, 3.63) is 35.7 Å². The number of hydrogen-bond donors (Lipinski definition) is 1. The molecule has 3 aromatic rings. The zero-order chi connectivity index (χ0) is 23.0. The fourth-order valence-corrected chi connectivity index (χ4v) is 4.57. The first kappa shape index (κ1) is 22.0. The smallest absolute Gasteiger partial charge is 0.163 e.